The second-order valence-electron chi connectivity index (χ2n) is 9.85. The van der Waals surface area contributed by atoms with Crippen molar-refractivity contribution in [1.29, 1.82) is 0 Å². The third kappa shape index (κ3) is 8.59. The molecule has 0 bridgehead atoms. The molecule has 0 atom stereocenters. The number of ether oxygens (including phenoxy) is 1. The predicted molar refractivity (Wildman–Crippen MR) is 166 cm³/mol. The van der Waals surface area contributed by atoms with Crippen molar-refractivity contribution in [3.63, 3.8) is 0 Å². The molecule has 0 saturated carbocycles. The summed E-state index contributed by atoms with van der Waals surface area (Å²) in [4.78, 5) is 16.9. The van der Waals surface area contributed by atoms with Gasteiger partial charge in [-0.05, 0) is 59.7 Å². The molecule has 0 aliphatic heterocycles. The normalized spacial score (nSPS) is 11.6. The molecule has 224 valence electrons. The molecule has 0 unspecified atom stereocenters. The fourth-order valence-electron chi connectivity index (χ4n) is 4.26. The van der Waals surface area contributed by atoms with E-state index in [0.29, 0.717) is 27.2 Å². The fraction of sp³-hybridized carbons (Fsp3) is 0.241. The number of halogens is 3. The van der Waals surface area contributed by atoms with Crippen molar-refractivity contribution in [2.24, 2.45) is 0 Å². The summed E-state index contributed by atoms with van der Waals surface area (Å²) >= 11 is 7.51. The van der Waals surface area contributed by atoms with E-state index in [2.05, 4.69) is 10.3 Å². The molecule has 1 aromatic heterocycles. The number of carbonyl (C=O) groups is 1. The Morgan fingerprint density at radius 2 is 1.81 bits per heavy atom. The number of thioether (sulfide) groups is 1. The molecule has 8 nitrogen and oxygen atoms in total. The minimum atomic E-state index is -4.23. The molecule has 0 fully saturated rings. The zero-order chi connectivity index (χ0) is 30.7. The SMILES string of the molecule is COc1cc(C(C)(C)c2cnc(SCc3ccc(C(=O)NCCS(=O)(=O)O)cc3F)n2-c2ccc(F)cc2)ccc1Cl.[NaH]. The summed E-state index contributed by atoms with van der Waals surface area (Å²) in [6, 6.07) is 15.4. The van der Waals surface area contributed by atoms with Gasteiger partial charge in [-0.2, -0.15) is 8.42 Å². The number of carbonyl (C=O) groups excluding carboxylic acids is 1. The van der Waals surface area contributed by atoms with Gasteiger partial charge in [0.05, 0.1) is 29.8 Å². The monoisotopic (exact) mass is 659 g/mol. The van der Waals surface area contributed by atoms with Crippen LogP contribution in [0, 0.1) is 11.6 Å². The Hall–Kier alpha value is -2.45. The van der Waals surface area contributed by atoms with Gasteiger partial charge in [-0.25, -0.2) is 13.8 Å². The van der Waals surface area contributed by atoms with E-state index in [1.54, 1.807) is 24.4 Å². The molecule has 4 rings (SSSR count). The first-order chi connectivity index (χ1) is 19.8. The first-order valence-electron chi connectivity index (χ1n) is 12.6. The minimum absolute atomic E-state index is 0. The number of nitrogens with one attached hydrogen (secondary N) is 1. The van der Waals surface area contributed by atoms with E-state index in [1.165, 1.54) is 43.1 Å². The van der Waals surface area contributed by atoms with Crippen LogP contribution in [0.1, 0.15) is 41.0 Å². The van der Waals surface area contributed by atoms with Crippen LogP contribution in [-0.4, -0.2) is 77.4 Å². The summed E-state index contributed by atoms with van der Waals surface area (Å²) in [7, 11) is -2.69. The van der Waals surface area contributed by atoms with Crippen LogP contribution >= 0.6 is 23.4 Å². The summed E-state index contributed by atoms with van der Waals surface area (Å²) in [6.07, 6.45) is 1.73. The standard InChI is InChI=1S/C29H28ClF2N3O5S2.Na.H/c1-29(2,20-6-11-23(30)25(15-20)40-3)26-16-34-28(35(26)22-9-7-21(31)8-10-22)41-17-19-5-4-18(14-24(19)32)27(36)33-12-13-42(37,38)39;;/h4-11,14-16H,12-13,17H2,1-3H3,(H,33,36)(H,37,38,39);;. The summed E-state index contributed by atoms with van der Waals surface area (Å²) in [5, 5.41) is 3.34. The van der Waals surface area contributed by atoms with Gasteiger partial charge >= 0.3 is 29.6 Å². The average Bonchev–Trinajstić information content (AvgIpc) is 3.37. The molecule has 1 amide bonds. The molecule has 2 N–H and O–H groups in total. The van der Waals surface area contributed by atoms with Crippen LogP contribution in [-0.2, 0) is 21.3 Å². The zero-order valence-corrected chi connectivity index (χ0v) is 25.3. The number of hydrogen-bond donors (Lipinski definition) is 2. The van der Waals surface area contributed by atoms with Gasteiger partial charge in [0.25, 0.3) is 16.0 Å². The molecule has 1 heterocycles. The van der Waals surface area contributed by atoms with Crippen LogP contribution in [0.4, 0.5) is 8.78 Å². The number of methoxy groups -OCH3 is 1. The van der Waals surface area contributed by atoms with Crippen LogP contribution in [0.2, 0.25) is 5.02 Å². The van der Waals surface area contributed by atoms with E-state index >= 15 is 0 Å². The van der Waals surface area contributed by atoms with Crippen molar-refractivity contribution in [2.75, 3.05) is 19.4 Å². The van der Waals surface area contributed by atoms with Gasteiger partial charge in [-0.1, -0.05) is 49.3 Å². The first kappa shape index (κ1) is 35.0. The summed E-state index contributed by atoms with van der Waals surface area (Å²) < 4.78 is 66.6. The molecule has 0 saturated heterocycles. The molecule has 0 aliphatic rings. The number of rotatable bonds is 11. The molecule has 3 aromatic carbocycles. The molecule has 14 heteroatoms. The van der Waals surface area contributed by atoms with E-state index in [4.69, 9.17) is 20.9 Å². The van der Waals surface area contributed by atoms with Gasteiger partial charge in [0, 0.05) is 29.0 Å². The van der Waals surface area contributed by atoms with Gasteiger partial charge in [-0.15, -0.1) is 0 Å². The fourth-order valence-corrected chi connectivity index (χ4v) is 5.79. The predicted octanol–water partition coefficient (Wildman–Crippen LogP) is 5.40. The van der Waals surface area contributed by atoms with Crippen molar-refractivity contribution < 1.29 is 31.3 Å². The topological polar surface area (TPSA) is 111 Å². The number of benzene rings is 3. The maximum atomic E-state index is 15.0. The second-order valence-corrected chi connectivity index (χ2v) is 12.8. The van der Waals surface area contributed by atoms with Gasteiger partial charge in [-0.3, -0.25) is 13.9 Å². The quantitative estimate of drug-likeness (QED) is 0.126. The zero-order valence-electron chi connectivity index (χ0n) is 22.9. The summed E-state index contributed by atoms with van der Waals surface area (Å²) in [6.45, 7) is 3.71. The average molecular weight is 660 g/mol. The third-order valence-electron chi connectivity index (χ3n) is 6.65. The molecule has 0 spiro atoms. The van der Waals surface area contributed by atoms with Crippen LogP contribution in [0.5, 0.6) is 5.75 Å². The van der Waals surface area contributed by atoms with Gasteiger partial charge in [0.15, 0.2) is 5.16 Å². The Labute approximate surface area is 280 Å². The Bertz CT molecular complexity index is 1720. The number of nitrogens with zero attached hydrogens (tertiary/aromatic N) is 2. The maximum absolute atomic E-state index is 15.0. The van der Waals surface area contributed by atoms with E-state index in [9.17, 15) is 22.0 Å². The number of imidazole rings is 1. The van der Waals surface area contributed by atoms with Crippen molar-refractivity contribution in [2.45, 2.75) is 30.2 Å². The van der Waals surface area contributed by atoms with Crippen LogP contribution in [0.25, 0.3) is 5.69 Å². The Morgan fingerprint density at radius 1 is 1.12 bits per heavy atom. The van der Waals surface area contributed by atoms with Crippen molar-refractivity contribution in [3.05, 3.63) is 106 Å². The Balaban J connectivity index is 0.00000506. The molecule has 43 heavy (non-hydrogen) atoms. The molecular weight excluding hydrogens is 631 g/mol. The van der Waals surface area contributed by atoms with Gasteiger partial charge in [0.2, 0.25) is 0 Å². The van der Waals surface area contributed by atoms with Crippen molar-refractivity contribution >= 4 is 68.9 Å². The summed E-state index contributed by atoms with van der Waals surface area (Å²) in [5.41, 5.74) is 2.07. The number of amides is 1. The van der Waals surface area contributed by atoms with E-state index in [1.807, 2.05) is 30.5 Å². The first-order valence-corrected chi connectivity index (χ1v) is 15.6. The van der Waals surface area contributed by atoms with Crippen LogP contribution < -0.4 is 10.1 Å². The molecule has 0 radical (unpaired) electrons. The van der Waals surface area contributed by atoms with Crippen LogP contribution in [0.3, 0.4) is 0 Å². The summed E-state index contributed by atoms with van der Waals surface area (Å²) in [5.74, 6) is -1.64. The van der Waals surface area contributed by atoms with Crippen LogP contribution in [0.15, 0.2) is 72.0 Å². The van der Waals surface area contributed by atoms with Gasteiger partial charge in [0.1, 0.15) is 17.4 Å². The molecule has 0 aliphatic carbocycles. The number of hydrogen-bond acceptors (Lipinski definition) is 6. The molecule has 4 aromatic rings. The van der Waals surface area contributed by atoms with Gasteiger partial charge < -0.3 is 10.1 Å². The van der Waals surface area contributed by atoms with Crippen molar-refractivity contribution in [3.8, 4) is 11.4 Å². The van der Waals surface area contributed by atoms with E-state index in [0.717, 1.165) is 17.3 Å². The van der Waals surface area contributed by atoms with E-state index < -0.39 is 33.0 Å². The Kier molecular flexibility index (Phi) is 11.9. The third-order valence-corrected chi connectivity index (χ3v) is 8.68. The molecular formula is C29H29ClF2N3NaO5S2. The number of aromatic nitrogens is 2. The Morgan fingerprint density at radius 3 is 2.44 bits per heavy atom. The second kappa shape index (κ2) is 14.6. The van der Waals surface area contributed by atoms with E-state index in [-0.39, 0.29) is 53.2 Å². The van der Waals surface area contributed by atoms with Crippen molar-refractivity contribution in [1.82, 2.24) is 14.9 Å².